The lowest BCUT2D eigenvalue weighted by Crippen LogP contribution is -2.27. The Morgan fingerprint density at radius 3 is 2.91 bits per heavy atom. The molecule has 2 aromatic rings. The topological polar surface area (TPSA) is 86.3 Å². The first-order valence-electron chi connectivity index (χ1n) is 6.50. The summed E-state index contributed by atoms with van der Waals surface area (Å²) in [5.41, 5.74) is 0.704. The molecule has 2 rings (SSSR count). The van der Waals surface area contributed by atoms with Gasteiger partial charge in [0.15, 0.2) is 0 Å². The van der Waals surface area contributed by atoms with E-state index < -0.39 is 5.91 Å². The number of rotatable bonds is 5. The highest BCUT2D eigenvalue weighted by atomic mass is 35.5. The van der Waals surface area contributed by atoms with E-state index in [-0.39, 0.29) is 18.7 Å². The van der Waals surface area contributed by atoms with Crippen molar-refractivity contribution in [3.63, 3.8) is 0 Å². The molecule has 0 saturated heterocycles. The summed E-state index contributed by atoms with van der Waals surface area (Å²) in [5.74, 6) is 0.407. The van der Waals surface area contributed by atoms with Crippen LogP contribution in [0.5, 0.6) is 0 Å². The summed E-state index contributed by atoms with van der Waals surface area (Å²) in [6, 6.07) is 12.4. The van der Waals surface area contributed by atoms with Gasteiger partial charge in [-0.15, -0.1) is 0 Å². The summed E-state index contributed by atoms with van der Waals surface area (Å²) in [7, 11) is 0. The molecule has 0 aliphatic heterocycles. The van der Waals surface area contributed by atoms with E-state index in [4.69, 9.17) is 26.4 Å². The van der Waals surface area contributed by atoms with Crippen molar-refractivity contribution in [1.82, 2.24) is 5.32 Å². The Labute approximate surface area is 132 Å². The first-order valence-corrected chi connectivity index (χ1v) is 6.88. The molecule has 1 heterocycles. The van der Waals surface area contributed by atoms with Gasteiger partial charge in [-0.25, -0.2) is 0 Å². The number of hydrogen-bond acceptors (Lipinski definition) is 4. The Morgan fingerprint density at radius 1 is 1.41 bits per heavy atom. The van der Waals surface area contributed by atoms with E-state index in [9.17, 15) is 4.79 Å². The molecular formula is C16H13ClN2O3. The van der Waals surface area contributed by atoms with Gasteiger partial charge in [0.05, 0.1) is 6.61 Å². The second-order valence-corrected chi connectivity index (χ2v) is 4.80. The minimum atomic E-state index is -0.558. The van der Waals surface area contributed by atoms with E-state index in [0.717, 1.165) is 5.56 Å². The number of aliphatic hydroxyl groups excluding tert-OH is 1. The molecule has 2 N–H and O–H groups in total. The van der Waals surface area contributed by atoms with Crippen molar-refractivity contribution in [1.29, 1.82) is 5.26 Å². The zero-order valence-electron chi connectivity index (χ0n) is 11.5. The normalized spacial score (nSPS) is 11.0. The molecule has 112 valence electrons. The van der Waals surface area contributed by atoms with E-state index in [1.54, 1.807) is 36.4 Å². The Hall–Kier alpha value is -2.55. The molecular weight excluding hydrogens is 304 g/mol. The zero-order valence-corrected chi connectivity index (χ0v) is 12.3. The van der Waals surface area contributed by atoms with Crippen molar-refractivity contribution in [2.75, 3.05) is 13.2 Å². The number of carbonyl (C=O) groups is 1. The van der Waals surface area contributed by atoms with Crippen LogP contribution >= 0.6 is 11.6 Å². The van der Waals surface area contributed by atoms with Gasteiger partial charge >= 0.3 is 0 Å². The Bertz CT molecular complexity index is 744. The van der Waals surface area contributed by atoms with E-state index in [0.29, 0.717) is 16.5 Å². The number of halogens is 1. The van der Waals surface area contributed by atoms with Gasteiger partial charge in [-0.05, 0) is 24.3 Å². The molecule has 0 bridgehead atoms. The lowest BCUT2D eigenvalue weighted by molar-refractivity contribution is -0.117. The summed E-state index contributed by atoms with van der Waals surface area (Å²) >= 11 is 5.93. The fraction of sp³-hybridized carbons (Fsp3) is 0.125. The van der Waals surface area contributed by atoms with Crippen LogP contribution in [0, 0.1) is 11.3 Å². The third-order valence-electron chi connectivity index (χ3n) is 2.78. The van der Waals surface area contributed by atoms with Crippen LogP contribution in [0.2, 0.25) is 5.02 Å². The number of nitrogens with zero attached hydrogens (tertiary/aromatic N) is 1. The number of nitrogens with one attached hydrogen (secondary N) is 1. The fourth-order valence-corrected chi connectivity index (χ4v) is 1.97. The van der Waals surface area contributed by atoms with Gasteiger partial charge in [-0.1, -0.05) is 23.7 Å². The zero-order chi connectivity index (χ0) is 15.9. The first-order chi connectivity index (χ1) is 10.6. The Morgan fingerprint density at radius 2 is 2.23 bits per heavy atom. The molecule has 0 radical (unpaired) electrons. The number of furan rings is 1. The summed E-state index contributed by atoms with van der Waals surface area (Å²) in [6.07, 6.45) is 1.35. The molecule has 0 saturated carbocycles. The molecule has 1 aromatic carbocycles. The van der Waals surface area contributed by atoms with Crippen LogP contribution < -0.4 is 5.32 Å². The third kappa shape index (κ3) is 3.98. The van der Waals surface area contributed by atoms with Gasteiger partial charge in [0.25, 0.3) is 5.91 Å². The largest absolute Gasteiger partial charge is 0.457 e. The maximum atomic E-state index is 11.7. The Kier molecular flexibility index (Phi) is 5.37. The summed E-state index contributed by atoms with van der Waals surface area (Å²) in [5, 5.41) is 20.7. The highest BCUT2D eigenvalue weighted by Crippen LogP contribution is 2.25. The van der Waals surface area contributed by atoms with Crippen LogP contribution in [0.25, 0.3) is 17.4 Å². The minimum absolute atomic E-state index is 0.0871. The van der Waals surface area contributed by atoms with Gasteiger partial charge in [0.1, 0.15) is 23.2 Å². The van der Waals surface area contributed by atoms with E-state index in [1.807, 2.05) is 6.07 Å². The van der Waals surface area contributed by atoms with E-state index in [2.05, 4.69) is 5.32 Å². The van der Waals surface area contributed by atoms with Crippen LogP contribution in [0.1, 0.15) is 5.76 Å². The second kappa shape index (κ2) is 7.46. The van der Waals surface area contributed by atoms with Crippen molar-refractivity contribution in [2.24, 2.45) is 0 Å². The van der Waals surface area contributed by atoms with Gasteiger partial charge in [0, 0.05) is 23.2 Å². The number of aliphatic hydroxyl groups is 1. The molecule has 0 aliphatic rings. The summed E-state index contributed by atoms with van der Waals surface area (Å²) in [4.78, 5) is 11.7. The van der Waals surface area contributed by atoms with Gasteiger partial charge in [0.2, 0.25) is 0 Å². The number of carbonyl (C=O) groups excluding carboxylic acids is 1. The molecule has 1 amide bonds. The monoisotopic (exact) mass is 316 g/mol. The highest BCUT2D eigenvalue weighted by molar-refractivity contribution is 6.30. The van der Waals surface area contributed by atoms with Crippen molar-refractivity contribution in [3.05, 3.63) is 52.8 Å². The summed E-state index contributed by atoms with van der Waals surface area (Å²) < 4.78 is 5.60. The van der Waals surface area contributed by atoms with Crippen LogP contribution in [-0.4, -0.2) is 24.2 Å². The standard InChI is InChI=1S/C16H13ClN2O3/c17-13-3-1-2-11(8-13)15-5-4-14(22-15)9-12(10-18)16(21)19-6-7-20/h1-5,8-9,20H,6-7H2,(H,19,21)/b12-9-. The number of amides is 1. The predicted molar refractivity (Wildman–Crippen MR) is 82.8 cm³/mol. The molecule has 0 spiro atoms. The predicted octanol–water partition coefficient (Wildman–Crippen LogP) is 2.62. The van der Waals surface area contributed by atoms with Crippen LogP contribution in [0.3, 0.4) is 0 Å². The quantitative estimate of drug-likeness (QED) is 0.656. The number of benzene rings is 1. The molecule has 22 heavy (non-hydrogen) atoms. The van der Waals surface area contributed by atoms with Crippen LogP contribution in [-0.2, 0) is 4.79 Å². The first kappa shape index (κ1) is 15.8. The molecule has 1 aromatic heterocycles. The molecule has 6 heteroatoms. The van der Waals surface area contributed by atoms with Crippen molar-refractivity contribution < 1.29 is 14.3 Å². The minimum Gasteiger partial charge on any atom is -0.457 e. The molecule has 5 nitrogen and oxygen atoms in total. The maximum Gasteiger partial charge on any atom is 0.262 e. The summed E-state index contributed by atoms with van der Waals surface area (Å²) in [6.45, 7) is -0.103. The van der Waals surface area contributed by atoms with Gasteiger partial charge < -0.3 is 14.8 Å². The van der Waals surface area contributed by atoms with Crippen LogP contribution in [0.15, 0.2) is 46.4 Å². The molecule has 0 aliphatic carbocycles. The fourth-order valence-electron chi connectivity index (χ4n) is 1.78. The lowest BCUT2D eigenvalue weighted by atomic mass is 10.2. The van der Waals surface area contributed by atoms with Gasteiger partial charge in [-0.3, -0.25) is 4.79 Å². The Balaban J connectivity index is 2.22. The van der Waals surface area contributed by atoms with E-state index in [1.165, 1.54) is 6.08 Å². The van der Waals surface area contributed by atoms with Crippen molar-refractivity contribution in [3.8, 4) is 17.4 Å². The van der Waals surface area contributed by atoms with Crippen molar-refractivity contribution >= 4 is 23.6 Å². The molecule has 0 fully saturated rings. The maximum absolute atomic E-state index is 11.7. The smallest absolute Gasteiger partial charge is 0.262 e. The number of nitriles is 1. The van der Waals surface area contributed by atoms with Crippen LogP contribution in [0.4, 0.5) is 0 Å². The SMILES string of the molecule is N#C/C(=C/c1ccc(-c2cccc(Cl)c2)o1)C(=O)NCCO. The third-order valence-corrected chi connectivity index (χ3v) is 3.02. The molecule has 0 unspecified atom stereocenters. The van der Waals surface area contributed by atoms with Crippen molar-refractivity contribution in [2.45, 2.75) is 0 Å². The second-order valence-electron chi connectivity index (χ2n) is 4.36. The average Bonchev–Trinajstić information content (AvgIpc) is 2.99. The van der Waals surface area contributed by atoms with E-state index >= 15 is 0 Å². The molecule has 0 atom stereocenters. The lowest BCUT2D eigenvalue weighted by Gasteiger charge is -2.00. The van der Waals surface area contributed by atoms with Gasteiger partial charge in [-0.2, -0.15) is 5.26 Å². The highest BCUT2D eigenvalue weighted by Gasteiger charge is 2.10. The number of hydrogen-bond donors (Lipinski definition) is 2. The average molecular weight is 317 g/mol.